The second-order valence-electron chi connectivity index (χ2n) is 7.47. The number of rotatable bonds is 8. The molecule has 0 bridgehead atoms. The minimum absolute atomic E-state index is 0.138. The number of phosphoric ester groups is 1. The van der Waals surface area contributed by atoms with Gasteiger partial charge in [0.15, 0.2) is 34.7 Å². The SMILES string of the molecule is COc1c(CNc2ncnc3c2ncn3[C@@H]2O[C@H](CO)[C@@H](O)[C@H]2O)cc(OP(=O)(O)O)c(O)c1O. The lowest BCUT2D eigenvalue weighted by Gasteiger charge is -2.17. The molecule has 1 saturated heterocycles. The Balaban J connectivity index is 1.64. The van der Waals surface area contributed by atoms with Crippen LogP contribution < -0.4 is 14.6 Å². The van der Waals surface area contributed by atoms with Crippen molar-refractivity contribution in [3.8, 4) is 23.0 Å². The third kappa shape index (κ3) is 4.68. The molecule has 0 amide bonds. The fourth-order valence-electron chi connectivity index (χ4n) is 3.68. The van der Waals surface area contributed by atoms with Crippen molar-refractivity contribution in [1.82, 2.24) is 19.5 Å². The van der Waals surface area contributed by atoms with Crippen molar-refractivity contribution >= 4 is 24.8 Å². The molecule has 0 aliphatic carbocycles. The van der Waals surface area contributed by atoms with Crippen molar-refractivity contribution in [1.29, 1.82) is 0 Å². The molecule has 0 unspecified atom stereocenters. The van der Waals surface area contributed by atoms with E-state index in [2.05, 4.69) is 24.8 Å². The zero-order valence-corrected chi connectivity index (χ0v) is 18.8. The number of hydrogen-bond donors (Lipinski definition) is 8. The van der Waals surface area contributed by atoms with E-state index in [1.807, 2.05) is 0 Å². The summed E-state index contributed by atoms with van der Waals surface area (Å²) in [5.74, 6) is -2.38. The van der Waals surface area contributed by atoms with Crippen LogP contribution in [0, 0.1) is 0 Å². The summed E-state index contributed by atoms with van der Waals surface area (Å²) in [5.41, 5.74) is 0.600. The predicted molar refractivity (Wildman–Crippen MR) is 115 cm³/mol. The monoisotopic (exact) mass is 515 g/mol. The van der Waals surface area contributed by atoms with E-state index in [0.717, 1.165) is 6.07 Å². The van der Waals surface area contributed by atoms with Crippen LogP contribution in [0.4, 0.5) is 5.82 Å². The summed E-state index contributed by atoms with van der Waals surface area (Å²) >= 11 is 0. The van der Waals surface area contributed by atoms with Gasteiger partial charge >= 0.3 is 7.82 Å². The van der Waals surface area contributed by atoms with E-state index in [0.29, 0.717) is 0 Å². The molecule has 4 atom stereocenters. The minimum atomic E-state index is -5.04. The average molecular weight is 515 g/mol. The Labute approximate surface area is 196 Å². The second kappa shape index (κ2) is 9.43. The van der Waals surface area contributed by atoms with Gasteiger partial charge in [-0.3, -0.25) is 14.4 Å². The first-order chi connectivity index (χ1) is 16.6. The van der Waals surface area contributed by atoms with Crippen molar-refractivity contribution < 1.29 is 53.9 Å². The lowest BCUT2D eigenvalue weighted by atomic mass is 10.1. The molecule has 2 aromatic heterocycles. The molecule has 3 heterocycles. The fourth-order valence-corrected chi connectivity index (χ4v) is 4.08. The highest BCUT2D eigenvalue weighted by Crippen LogP contribution is 2.50. The van der Waals surface area contributed by atoms with E-state index in [1.54, 1.807) is 0 Å². The summed E-state index contributed by atoms with van der Waals surface area (Å²) in [6, 6.07) is 1.07. The van der Waals surface area contributed by atoms with Crippen molar-refractivity contribution in [2.75, 3.05) is 19.0 Å². The van der Waals surface area contributed by atoms with Gasteiger partial charge < -0.3 is 44.8 Å². The first kappa shape index (κ1) is 24.9. The summed E-state index contributed by atoms with van der Waals surface area (Å²) in [6.07, 6.45) is -2.24. The van der Waals surface area contributed by atoms with Crippen LogP contribution in [0.2, 0.25) is 0 Å². The Kier molecular flexibility index (Phi) is 6.70. The molecule has 8 N–H and O–H groups in total. The number of nitrogens with zero attached hydrogens (tertiary/aromatic N) is 4. The molecule has 1 aliphatic heterocycles. The number of aromatic nitrogens is 4. The van der Waals surface area contributed by atoms with Gasteiger partial charge in [0.2, 0.25) is 11.5 Å². The van der Waals surface area contributed by atoms with Crippen molar-refractivity contribution in [3.05, 3.63) is 24.3 Å². The van der Waals surface area contributed by atoms with Gasteiger partial charge in [-0.25, -0.2) is 19.5 Å². The number of ether oxygens (including phenoxy) is 2. The summed E-state index contributed by atoms with van der Waals surface area (Å²) in [5, 5.41) is 52.7. The molecule has 17 heteroatoms. The van der Waals surface area contributed by atoms with Gasteiger partial charge in [-0.15, -0.1) is 0 Å². The minimum Gasteiger partial charge on any atom is -0.502 e. The summed E-state index contributed by atoms with van der Waals surface area (Å²) in [4.78, 5) is 30.6. The first-order valence-electron chi connectivity index (χ1n) is 9.96. The van der Waals surface area contributed by atoms with Crippen LogP contribution in [0.5, 0.6) is 23.0 Å². The highest BCUT2D eigenvalue weighted by Gasteiger charge is 2.44. The Morgan fingerprint density at radius 1 is 1.17 bits per heavy atom. The maximum Gasteiger partial charge on any atom is 0.524 e. The van der Waals surface area contributed by atoms with Gasteiger partial charge in [0.1, 0.15) is 24.6 Å². The maximum absolute atomic E-state index is 11.2. The molecule has 190 valence electrons. The quantitative estimate of drug-likeness (QED) is 0.132. The Morgan fingerprint density at radius 3 is 2.54 bits per heavy atom. The number of nitrogens with one attached hydrogen (secondary N) is 1. The average Bonchev–Trinajstić information content (AvgIpc) is 3.36. The zero-order valence-electron chi connectivity index (χ0n) is 18.0. The molecule has 4 rings (SSSR count). The van der Waals surface area contributed by atoms with Crippen LogP contribution in [0.15, 0.2) is 18.7 Å². The van der Waals surface area contributed by atoms with E-state index >= 15 is 0 Å². The number of anilines is 1. The van der Waals surface area contributed by atoms with E-state index in [4.69, 9.17) is 19.3 Å². The first-order valence-corrected chi connectivity index (χ1v) is 11.5. The van der Waals surface area contributed by atoms with E-state index < -0.39 is 56.2 Å². The van der Waals surface area contributed by atoms with Gasteiger partial charge in [-0.05, 0) is 6.07 Å². The normalized spacial score (nSPS) is 22.5. The smallest absolute Gasteiger partial charge is 0.502 e. The molecule has 0 saturated carbocycles. The topological polar surface area (TPSA) is 242 Å². The molecule has 1 aromatic carbocycles. The van der Waals surface area contributed by atoms with Crippen LogP contribution in [0.25, 0.3) is 11.2 Å². The van der Waals surface area contributed by atoms with Crippen molar-refractivity contribution in [2.24, 2.45) is 0 Å². The fraction of sp³-hybridized carbons (Fsp3) is 0.389. The maximum atomic E-state index is 11.2. The zero-order chi connectivity index (χ0) is 25.5. The van der Waals surface area contributed by atoms with E-state index in [9.17, 15) is 30.1 Å². The predicted octanol–water partition coefficient (Wildman–Crippen LogP) is -1.06. The highest BCUT2D eigenvalue weighted by molar-refractivity contribution is 7.46. The molecule has 3 aromatic rings. The number of aliphatic hydroxyl groups excluding tert-OH is 3. The second-order valence-corrected chi connectivity index (χ2v) is 8.64. The number of benzene rings is 1. The number of phenolic OH excluding ortho intramolecular Hbond substituents is 2. The van der Waals surface area contributed by atoms with Gasteiger partial charge in [0.05, 0.1) is 20.0 Å². The third-order valence-electron chi connectivity index (χ3n) is 5.29. The van der Waals surface area contributed by atoms with Gasteiger partial charge in [0, 0.05) is 12.1 Å². The molecule has 0 radical (unpaired) electrons. The molecule has 1 aliphatic rings. The lowest BCUT2D eigenvalue weighted by Crippen LogP contribution is -2.33. The van der Waals surface area contributed by atoms with Crippen LogP contribution >= 0.6 is 7.82 Å². The molecule has 35 heavy (non-hydrogen) atoms. The largest absolute Gasteiger partial charge is 0.524 e. The van der Waals surface area contributed by atoms with Crippen LogP contribution in [-0.4, -0.2) is 86.9 Å². The van der Waals surface area contributed by atoms with Crippen LogP contribution in [-0.2, 0) is 15.8 Å². The number of phenols is 2. The molecule has 16 nitrogen and oxygen atoms in total. The third-order valence-corrected chi connectivity index (χ3v) is 5.72. The summed E-state index contributed by atoms with van der Waals surface area (Å²) in [7, 11) is -3.83. The van der Waals surface area contributed by atoms with Crippen LogP contribution in [0.3, 0.4) is 0 Å². The number of aromatic hydroxyl groups is 2. The lowest BCUT2D eigenvalue weighted by molar-refractivity contribution is -0.0511. The van der Waals surface area contributed by atoms with Gasteiger partial charge in [-0.1, -0.05) is 0 Å². The van der Waals surface area contributed by atoms with Gasteiger partial charge in [-0.2, -0.15) is 0 Å². The molecule has 0 spiro atoms. The Hall–Kier alpha value is -3.24. The standard InChI is InChI=1S/C18H22N5O11P/c1-32-15-7(2-8(11(25)13(15)27)34-35(29,30)31)3-19-16-10-17(21-5-20-16)23(6-22-10)18-14(28)12(26)9(4-24)33-18/h2,5-6,9,12,14,18,24-28H,3-4H2,1H3,(H,19,20,21)(H2,29,30,31)/t9-,12-,14-,18-/m1/s1. The summed E-state index contributed by atoms with van der Waals surface area (Å²) in [6.45, 7) is -0.639. The number of aliphatic hydroxyl groups is 3. The molecular weight excluding hydrogens is 493 g/mol. The number of phosphoric acid groups is 1. The Bertz CT molecular complexity index is 1280. The van der Waals surface area contributed by atoms with Crippen molar-refractivity contribution in [3.63, 3.8) is 0 Å². The van der Waals surface area contributed by atoms with E-state index in [-0.39, 0.29) is 34.8 Å². The number of imidazole rings is 1. The summed E-state index contributed by atoms with van der Waals surface area (Å²) < 4.78 is 27.6. The van der Waals surface area contributed by atoms with E-state index in [1.165, 1.54) is 24.3 Å². The number of hydrogen-bond acceptors (Lipinski definition) is 13. The molecule has 1 fully saturated rings. The number of methoxy groups -OCH3 is 1. The highest BCUT2D eigenvalue weighted by atomic mass is 31.2. The van der Waals surface area contributed by atoms with Crippen LogP contribution in [0.1, 0.15) is 11.8 Å². The number of fused-ring (bicyclic) bond motifs is 1. The Morgan fingerprint density at radius 2 is 1.91 bits per heavy atom. The molecular formula is C18H22N5O11P. The van der Waals surface area contributed by atoms with Gasteiger partial charge in [0.25, 0.3) is 0 Å². The van der Waals surface area contributed by atoms with Crippen molar-refractivity contribution in [2.45, 2.75) is 31.1 Å².